The number of nitro benzene ring substituents is 1. The van der Waals surface area contributed by atoms with Crippen LogP contribution in [0.15, 0.2) is 24.3 Å². The van der Waals surface area contributed by atoms with Crippen LogP contribution in [0.5, 0.6) is 0 Å². The van der Waals surface area contributed by atoms with Crippen LogP contribution in [0, 0.1) is 21.7 Å². The molecule has 1 aromatic carbocycles. The van der Waals surface area contributed by atoms with E-state index in [4.69, 9.17) is 0 Å². The molecule has 1 rings (SSSR count). The van der Waals surface area contributed by atoms with E-state index in [1.807, 2.05) is 0 Å². The van der Waals surface area contributed by atoms with Gasteiger partial charge in [0.1, 0.15) is 0 Å². The van der Waals surface area contributed by atoms with Crippen LogP contribution in [0.25, 0.3) is 0 Å². The molecule has 86 valence electrons. The average molecular weight is 228 g/mol. The predicted molar refractivity (Wildman–Crippen MR) is 56.3 cm³/mol. The van der Waals surface area contributed by atoms with Crippen molar-refractivity contribution in [2.24, 2.45) is 0 Å². The molecule has 0 saturated heterocycles. The fourth-order valence-electron chi connectivity index (χ4n) is 1.10. The summed E-state index contributed by atoms with van der Waals surface area (Å²) in [5, 5.41) is 13.0. The molecule has 0 heterocycles. The Morgan fingerprint density at radius 1 is 1.56 bits per heavy atom. The minimum absolute atomic E-state index is 0.140. The van der Waals surface area contributed by atoms with Crippen LogP contribution in [0.3, 0.4) is 0 Å². The number of nitro groups is 1. The Morgan fingerprint density at radius 3 is 2.69 bits per heavy atom. The Labute approximate surface area is 90.7 Å². The molecule has 0 amide bonds. The SMILES string of the molecule is C=C(C)CNc1c([N+](=O)[O-])ccc(F)c1F. The maximum Gasteiger partial charge on any atom is 0.295 e. The van der Waals surface area contributed by atoms with E-state index in [1.54, 1.807) is 6.92 Å². The maximum absolute atomic E-state index is 13.3. The third-order valence-corrected chi connectivity index (χ3v) is 1.84. The van der Waals surface area contributed by atoms with Gasteiger partial charge in [-0.05, 0) is 13.0 Å². The highest BCUT2D eigenvalue weighted by atomic mass is 19.2. The number of hydrogen-bond acceptors (Lipinski definition) is 3. The molecule has 1 aromatic rings. The van der Waals surface area contributed by atoms with Gasteiger partial charge in [-0.1, -0.05) is 12.2 Å². The van der Waals surface area contributed by atoms with Gasteiger partial charge in [-0.2, -0.15) is 0 Å². The standard InChI is InChI=1S/C10H10F2N2O2/c1-6(2)5-13-10-8(14(15)16)4-3-7(11)9(10)12/h3-4,13H,1,5H2,2H3. The van der Waals surface area contributed by atoms with Crippen molar-refractivity contribution >= 4 is 11.4 Å². The van der Waals surface area contributed by atoms with Crippen LogP contribution in [-0.2, 0) is 0 Å². The fourth-order valence-corrected chi connectivity index (χ4v) is 1.10. The van der Waals surface area contributed by atoms with E-state index in [1.165, 1.54) is 0 Å². The van der Waals surface area contributed by atoms with Gasteiger partial charge in [-0.25, -0.2) is 8.78 Å². The van der Waals surface area contributed by atoms with Crippen LogP contribution in [-0.4, -0.2) is 11.5 Å². The number of halogens is 2. The average Bonchev–Trinajstić information content (AvgIpc) is 2.19. The summed E-state index contributed by atoms with van der Waals surface area (Å²) in [6.45, 7) is 5.35. The molecule has 0 unspecified atom stereocenters. The van der Waals surface area contributed by atoms with E-state index in [2.05, 4.69) is 11.9 Å². The molecular weight excluding hydrogens is 218 g/mol. The topological polar surface area (TPSA) is 55.2 Å². The molecule has 0 atom stereocenters. The summed E-state index contributed by atoms with van der Waals surface area (Å²) in [7, 11) is 0. The minimum Gasteiger partial charge on any atom is -0.373 e. The van der Waals surface area contributed by atoms with Crippen LogP contribution in [0.2, 0.25) is 0 Å². The van der Waals surface area contributed by atoms with Gasteiger partial charge in [-0.3, -0.25) is 10.1 Å². The molecule has 0 aliphatic carbocycles. The summed E-state index contributed by atoms with van der Waals surface area (Å²) < 4.78 is 26.2. The number of hydrogen-bond donors (Lipinski definition) is 1. The molecule has 4 nitrogen and oxygen atoms in total. The van der Waals surface area contributed by atoms with Crippen molar-refractivity contribution in [1.29, 1.82) is 0 Å². The first kappa shape index (κ1) is 12.1. The van der Waals surface area contributed by atoms with Crippen molar-refractivity contribution in [3.63, 3.8) is 0 Å². The van der Waals surface area contributed by atoms with E-state index in [-0.39, 0.29) is 6.54 Å². The molecule has 0 radical (unpaired) electrons. The second-order valence-electron chi connectivity index (χ2n) is 3.32. The van der Waals surface area contributed by atoms with Gasteiger partial charge >= 0.3 is 0 Å². The van der Waals surface area contributed by atoms with E-state index in [0.29, 0.717) is 5.57 Å². The maximum atomic E-state index is 13.3. The Morgan fingerprint density at radius 2 is 2.19 bits per heavy atom. The summed E-state index contributed by atoms with van der Waals surface area (Å²) >= 11 is 0. The van der Waals surface area contributed by atoms with Crippen LogP contribution < -0.4 is 5.32 Å². The first-order chi connectivity index (χ1) is 7.43. The summed E-state index contributed by atoms with van der Waals surface area (Å²) in [6, 6.07) is 1.64. The van der Waals surface area contributed by atoms with Crippen LogP contribution >= 0.6 is 0 Å². The molecular formula is C10H10F2N2O2. The van der Waals surface area contributed by atoms with E-state index >= 15 is 0 Å². The molecule has 0 aromatic heterocycles. The number of nitrogens with one attached hydrogen (secondary N) is 1. The number of benzene rings is 1. The van der Waals surface area contributed by atoms with Gasteiger partial charge < -0.3 is 5.32 Å². The Hall–Kier alpha value is -1.98. The highest BCUT2D eigenvalue weighted by Crippen LogP contribution is 2.28. The van der Waals surface area contributed by atoms with Gasteiger partial charge in [0.05, 0.1) is 4.92 Å². The second-order valence-corrected chi connectivity index (χ2v) is 3.32. The zero-order valence-corrected chi connectivity index (χ0v) is 8.59. The lowest BCUT2D eigenvalue weighted by atomic mass is 10.2. The highest BCUT2D eigenvalue weighted by Gasteiger charge is 2.20. The molecule has 0 saturated carbocycles. The van der Waals surface area contributed by atoms with Crippen LogP contribution in [0.1, 0.15) is 6.92 Å². The molecule has 0 fully saturated rings. The number of rotatable bonds is 4. The van der Waals surface area contributed by atoms with Crippen molar-refractivity contribution in [2.45, 2.75) is 6.92 Å². The smallest absolute Gasteiger partial charge is 0.295 e. The zero-order valence-electron chi connectivity index (χ0n) is 8.59. The molecule has 0 aliphatic heterocycles. The Kier molecular flexibility index (Phi) is 3.55. The molecule has 0 aliphatic rings. The minimum atomic E-state index is -1.25. The lowest BCUT2D eigenvalue weighted by Crippen LogP contribution is -2.08. The summed E-state index contributed by atoms with van der Waals surface area (Å²) in [5.74, 6) is -2.38. The normalized spacial score (nSPS) is 9.94. The van der Waals surface area contributed by atoms with E-state index in [0.717, 1.165) is 12.1 Å². The number of anilines is 1. The third-order valence-electron chi connectivity index (χ3n) is 1.84. The monoisotopic (exact) mass is 228 g/mol. The molecule has 0 spiro atoms. The second kappa shape index (κ2) is 4.69. The van der Waals surface area contributed by atoms with Crippen molar-refractivity contribution in [2.75, 3.05) is 11.9 Å². The van der Waals surface area contributed by atoms with Crippen molar-refractivity contribution < 1.29 is 13.7 Å². The first-order valence-electron chi connectivity index (χ1n) is 4.44. The van der Waals surface area contributed by atoms with Gasteiger partial charge in [0.25, 0.3) is 5.69 Å². The quantitative estimate of drug-likeness (QED) is 0.489. The molecule has 6 heteroatoms. The molecule has 16 heavy (non-hydrogen) atoms. The lowest BCUT2D eigenvalue weighted by molar-refractivity contribution is -0.384. The van der Waals surface area contributed by atoms with Crippen molar-refractivity contribution in [3.05, 3.63) is 46.0 Å². The Balaban J connectivity index is 3.15. The van der Waals surface area contributed by atoms with E-state index in [9.17, 15) is 18.9 Å². The number of nitrogens with zero attached hydrogens (tertiary/aromatic N) is 1. The van der Waals surface area contributed by atoms with Crippen LogP contribution in [0.4, 0.5) is 20.2 Å². The first-order valence-corrected chi connectivity index (χ1v) is 4.44. The van der Waals surface area contributed by atoms with Crippen molar-refractivity contribution in [3.8, 4) is 0 Å². The lowest BCUT2D eigenvalue weighted by Gasteiger charge is -2.08. The summed E-state index contributed by atoms with van der Waals surface area (Å²) in [5.41, 5.74) is -0.300. The zero-order chi connectivity index (χ0) is 12.3. The molecule has 0 bridgehead atoms. The van der Waals surface area contributed by atoms with Gasteiger partial charge in [0.2, 0.25) is 0 Å². The van der Waals surface area contributed by atoms with Crippen molar-refractivity contribution in [1.82, 2.24) is 0 Å². The van der Waals surface area contributed by atoms with Gasteiger partial charge in [-0.15, -0.1) is 0 Å². The summed E-state index contributed by atoms with van der Waals surface area (Å²) in [6.07, 6.45) is 0. The molecule has 1 N–H and O–H groups in total. The van der Waals surface area contributed by atoms with E-state index < -0.39 is 27.9 Å². The summed E-state index contributed by atoms with van der Waals surface area (Å²) in [4.78, 5) is 9.81. The predicted octanol–water partition coefficient (Wildman–Crippen LogP) is 2.86. The highest BCUT2D eigenvalue weighted by molar-refractivity contribution is 5.62. The Bertz CT molecular complexity index is 447. The van der Waals surface area contributed by atoms with Gasteiger partial charge in [0, 0.05) is 12.6 Å². The largest absolute Gasteiger partial charge is 0.373 e. The third kappa shape index (κ3) is 2.53. The van der Waals surface area contributed by atoms with Gasteiger partial charge in [0.15, 0.2) is 17.3 Å². The fraction of sp³-hybridized carbons (Fsp3) is 0.200.